The molecule has 172 valence electrons. The molecule has 0 saturated heterocycles. The summed E-state index contributed by atoms with van der Waals surface area (Å²) in [5, 5.41) is 13.0. The molecule has 6 heteroatoms. The first-order chi connectivity index (χ1) is 15.8. The largest absolute Gasteiger partial charge is 0.486 e. The van der Waals surface area contributed by atoms with E-state index in [-0.39, 0.29) is 0 Å². The number of benzene rings is 2. The third-order valence-corrected chi connectivity index (χ3v) is 6.75. The van der Waals surface area contributed by atoms with Gasteiger partial charge in [-0.15, -0.1) is 11.3 Å². The van der Waals surface area contributed by atoms with Crippen molar-refractivity contribution in [1.29, 1.82) is 0 Å². The van der Waals surface area contributed by atoms with Gasteiger partial charge in [0.15, 0.2) is 0 Å². The molecular formula is C27H30N2O3S. The highest BCUT2D eigenvalue weighted by atomic mass is 32.1. The molecule has 0 radical (unpaired) electrons. The quantitative estimate of drug-likeness (QED) is 0.304. The lowest BCUT2D eigenvalue weighted by molar-refractivity contribution is 0.0738. The fourth-order valence-electron chi connectivity index (χ4n) is 3.68. The molecule has 5 nitrogen and oxygen atoms in total. The van der Waals surface area contributed by atoms with Crippen molar-refractivity contribution in [1.82, 2.24) is 9.97 Å². The van der Waals surface area contributed by atoms with Crippen molar-refractivity contribution < 1.29 is 14.3 Å². The van der Waals surface area contributed by atoms with Crippen molar-refractivity contribution in [3.8, 4) is 17.2 Å². The van der Waals surface area contributed by atoms with Crippen LogP contribution < -0.4 is 4.74 Å². The topological polar surface area (TPSA) is 68.4 Å². The molecule has 0 aliphatic carbocycles. The van der Waals surface area contributed by atoms with Crippen molar-refractivity contribution in [2.75, 3.05) is 0 Å². The lowest BCUT2D eigenvalue weighted by Crippen LogP contribution is -2.15. The Labute approximate surface area is 199 Å². The third kappa shape index (κ3) is 5.89. The van der Waals surface area contributed by atoms with Crippen molar-refractivity contribution in [2.24, 2.45) is 5.92 Å². The summed E-state index contributed by atoms with van der Waals surface area (Å²) in [6.45, 7) is 8.46. The van der Waals surface area contributed by atoms with Crippen LogP contribution in [0.4, 0.5) is 0 Å². The van der Waals surface area contributed by atoms with Crippen LogP contribution in [0.3, 0.4) is 0 Å². The zero-order chi connectivity index (χ0) is 23.4. The minimum Gasteiger partial charge on any atom is -0.486 e. The van der Waals surface area contributed by atoms with Crippen LogP contribution in [0.5, 0.6) is 5.75 Å². The van der Waals surface area contributed by atoms with Gasteiger partial charge in [0.25, 0.3) is 0 Å². The number of rotatable bonds is 9. The summed E-state index contributed by atoms with van der Waals surface area (Å²) in [4.78, 5) is 8.67. The van der Waals surface area contributed by atoms with Gasteiger partial charge in [0, 0.05) is 17.1 Å². The molecule has 4 aromatic rings. The van der Waals surface area contributed by atoms with Crippen molar-refractivity contribution in [3.05, 3.63) is 88.2 Å². The Bertz CT molecular complexity index is 1140. The van der Waals surface area contributed by atoms with Gasteiger partial charge >= 0.3 is 0 Å². The number of nitrogens with zero attached hydrogens (tertiary/aromatic N) is 2. The van der Waals surface area contributed by atoms with Crippen molar-refractivity contribution in [3.63, 3.8) is 0 Å². The number of hydrogen-bond donors (Lipinski definition) is 1. The Kier molecular flexibility index (Phi) is 6.96. The molecule has 4 rings (SSSR count). The maximum absolute atomic E-state index is 10.1. The van der Waals surface area contributed by atoms with Crippen molar-refractivity contribution in [2.45, 2.75) is 52.2 Å². The van der Waals surface area contributed by atoms with Crippen LogP contribution in [0.1, 0.15) is 55.4 Å². The fourth-order valence-corrected chi connectivity index (χ4v) is 4.21. The maximum atomic E-state index is 10.1. The summed E-state index contributed by atoms with van der Waals surface area (Å²) >= 11 is 1.60. The van der Waals surface area contributed by atoms with E-state index in [2.05, 4.69) is 48.1 Å². The van der Waals surface area contributed by atoms with E-state index in [1.807, 2.05) is 29.6 Å². The maximum Gasteiger partial charge on any atom is 0.226 e. The van der Waals surface area contributed by atoms with E-state index in [0.29, 0.717) is 30.0 Å². The molecule has 0 bridgehead atoms. The van der Waals surface area contributed by atoms with Gasteiger partial charge in [-0.3, -0.25) is 0 Å². The third-order valence-electron chi connectivity index (χ3n) is 5.99. The lowest BCUT2D eigenvalue weighted by Gasteiger charge is -2.21. The standard InChI is InChI=1S/C27H30N2O3S/c1-18(15-20-5-11-23(12-6-20)31-17-25-28-13-14-33-25)19(2)21-7-9-22(10-8-21)26-29-24(16-32-26)27(3,4)30/h5-14,16,18-19,30H,15,17H2,1-4H3. The zero-order valence-electron chi connectivity index (χ0n) is 19.5. The van der Waals surface area contributed by atoms with E-state index in [1.165, 1.54) is 17.4 Å². The predicted octanol–water partition coefficient (Wildman–Crippen LogP) is 6.59. The summed E-state index contributed by atoms with van der Waals surface area (Å²) in [7, 11) is 0. The van der Waals surface area contributed by atoms with E-state index < -0.39 is 5.60 Å². The SMILES string of the molecule is CC(Cc1ccc(OCc2nccs2)cc1)C(C)c1ccc(-c2nc(C(C)(C)O)co2)cc1. The number of hydrogen-bond acceptors (Lipinski definition) is 6. The summed E-state index contributed by atoms with van der Waals surface area (Å²) in [5.41, 5.74) is 3.00. The minimum absolute atomic E-state index is 0.399. The molecular weight excluding hydrogens is 432 g/mol. The van der Waals surface area contributed by atoms with Gasteiger partial charge in [-0.25, -0.2) is 9.97 Å². The van der Waals surface area contributed by atoms with Crippen LogP contribution in [0.2, 0.25) is 0 Å². The van der Waals surface area contributed by atoms with Gasteiger partial charge in [-0.05, 0) is 67.5 Å². The van der Waals surface area contributed by atoms with Gasteiger partial charge in [-0.2, -0.15) is 0 Å². The van der Waals surface area contributed by atoms with Crippen LogP contribution in [0, 0.1) is 5.92 Å². The molecule has 2 heterocycles. The first kappa shape index (κ1) is 23.2. The van der Waals surface area contributed by atoms with E-state index in [9.17, 15) is 5.11 Å². The molecule has 0 aliphatic heterocycles. The van der Waals surface area contributed by atoms with Gasteiger partial charge in [0.2, 0.25) is 5.89 Å². The lowest BCUT2D eigenvalue weighted by atomic mass is 9.84. The number of aromatic nitrogens is 2. The zero-order valence-corrected chi connectivity index (χ0v) is 20.3. The smallest absolute Gasteiger partial charge is 0.226 e. The van der Waals surface area contributed by atoms with Crippen LogP contribution >= 0.6 is 11.3 Å². The average Bonchev–Trinajstić information content (AvgIpc) is 3.50. The second kappa shape index (κ2) is 9.89. The molecule has 0 fully saturated rings. The molecule has 1 N–H and O–H groups in total. The van der Waals surface area contributed by atoms with Gasteiger partial charge in [0.1, 0.15) is 34.9 Å². The Hall–Kier alpha value is -2.96. The van der Waals surface area contributed by atoms with Crippen LogP contribution in [-0.4, -0.2) is 15.1 Å². The summed E-state index contributed by atoms with van der Waals surface area (Å²) < 4.78 is 11.4. The molecule has 0 aliphatic rings. The molecule has 2 atom stereocenters. The van der Waals surface area contributed by atoms with E-state index in [4.69, 9.17) is 9.15 Å². The molecule has 0 spiro atoms. The highest BCUT2D eigenvalue weighted by Crippen LogP contribution is 2.30. The second-order valence-corrected chi connectivity index (χ2v) is 10.0. The van der Waals surface area contributed by atoms with Crippen LogP contribution in [0.25, 0.3) is 11.5 Å². The van der Waals surface area contributed by atoms with E-state index >= 15 is 0 Å². The molecule has 2 unspecified atom stereocenters. The number of oxazole rings is 1. The van der Waals surface area contributed by atoms with Gasteiger partial charge in [-0.1, -0.05) is 38.1 Å². The Morgan fingerprint density at radius 2 is 1.79 bits per heavy atom. The first-order valence-corrected chi connectivity index (χ1v) is 12.1. The van der Waals surface area contributed by atoms with Gasteiger partial charge in [0.05, 0.1) is 0 Å². The number of aliphatic hydroxyl groups is 1. The fraction of sp³-hybridized carbons (Fsp3) is 0.333. The Morgan fingerprint density at radius 3 is 2.39 bits per heavy atom. The van der Waals surface area contributed by atoms with Crippen molar-refractivity contribution >= 4 is 11.3 Å². The highest BCUT2D eigenvalue weighted by Gasteiger charge is 2.21. The van der Waals surface area contributed by atoms with Crippen LogP contribution in [-0.2, 0) is 18.6 Å². The van der Waals surface area contributed by atoms with E-state index in [0.717, 1.165) is 22.7 Å². The average molecular weight is 463 g/mol. The van der Waals surface area contributed by atoms with Gasteiger partial charge < -0.3 is 14.3 Å². The second-order valence-electron chi connectivity index (χ2n) is 9.05. The monoisotopic (exact) mass is 462 g/mol. The molecule has 2 aromatic heterocycles. The summed E-state index contributed by atoms with van der Waals surface area (Å²) in [6, 6.07) is 16.7. The molecule has 33 heavy (non-hydrogen) atoms. The highest BCUT2D eigenvalue weighted by molar-refractivity contribution is 7.09. The first-order valence-electron chi connectivity index (χ1n) is 11.2. The summed E-state index contributed by atoms with van der Waals surface area (Å²) in [5.74, 6) is 2.26. The van der Waals surface area contributed by atoms with E-state index in [1.54, 1.807) is 31.4 Å². The van der Waals surface area contributed by atoms with Crippen LogP contribution in [0.15, 0.2) is 70.8 Å². The number of ether oxygens (including phenoxy) is 1. The minimum atomic E-state index is -1.02. The summed E-state index contributed by atoms with van der Waals surface area (Å²) in [6.07, 6.45) is 4.30. The molecule has 2 aromatic carbocycles. The predicted molar refractivity (Wildman–Crippen MR) is 131 cm³/mol. The Morgan fingerprint density at radius 1 is 1.06 bits per heavy atom. The molecule has 0 amide bonds. The molecule has 0 saturated carbocycles. The normalized spacial score (nSPS) is 13.6. The number of thiazole rings is 1. The Balaban J connectivity index is 1.34.